The van der Waals surface area contributed by atoms with Gasteiger partial charge in [-0.2, -0.15) is 0 Å². The summed E-state index contributed by atoms with van der Waals surface area (Å²) >= 11 is 0. The van der Waals surface area contributed by atoms with Crippen LogP contribution in [0.2, 0.25) is 0 Å². The molecule has 0 heterocycles. The van der Waals surface area contributed by atoms with E-state index in [0.29, 0.717) is 25.5 Å². The van der Waals surface area contributed by atoms with Crippen molar-refractivity contribution in [2.75, 3.05) is 0 Å². The van der Waals surface area contributed by atoms with Gasteiger partial charge in [0.25, 0.3) is 0 Å². The van der Waals surface area contributed by atoms with E-state index >= 15 is 0 Å². The third-order valence-electron chi connectivity index (χ3n) is 2.26. The molecule has 0 aromatic carbocycles. The molecule has 1 rings (SSSR count). The molecule has 0 aromatic rings. The van der Waals surface area contributed by atoms with Crippen molar-refractivity contribution in [2.24, 2.45) is 5.92 Å². The summed E-state index contributed by atoms with van der Waals surface area (Å²) in [5.74, 6) is -0.619. The number of hydrogen-bond acceptors (Lipinski definition) is 3. The fourth-order valence-electron chi connectivity index (χ4n) is 1.61. The topological polar surface area (TPSA) is 63.2 Å². The molecule has 2 atom stereocenters. The van der Waals surface area contributed by atoms with Crippen molar-refractivity contribution >= 4 is 18.0 Å². The molecule has 1 saturated carbocycles. The number of amides is 1. The Labute approximate surface area is 76.7 Å². The second-order valence-corrected chi connectivity index (χ2v) is 3.38. The Kier molecular flexibility index (Phi) is 3.17. The standard InChI is InChI=1S/C9H13NO3/c1-6(12)10-8-2-3-9(13)7(4-8)5-11/h5,7-8H,2-4H2,1H3,(H,10,12)/t7-,8-/m0/s1. The van der Waals surface area contributed by atoms with Crippen molar-refractivity contribution < 1.29 is 14.4 Å². The van der Waals surface area contributed by atoms with E-state index in [4.69, 9.17) is 0 Å². The van der Waals surface area contributed by atoms with Crippen molar-refractivity contribution in [1.29, 1.82) is 0 Å². The summed E-state index contributed by atoms with van der Waals surface area (Å²) in [6.07, 6.45) is 2.19. The van der Waals surface area contributed by atoms with Gasteiger partial charge in [-0.25, -0.2) is 0 Å². The molecule has 4 nitrogen and oxygen atoms in total. The molecule has 1 amide bonds. The number of aldehydes is 1. The minimum absolute atomic E-state index is 0.00315. The molecule has 1 fully saturated rings. The summed E-state index contributed by atoms with van der Waals surface area (Å²) < 4.78 is 0. The first-order valence-electron chi connectivity index (χ1n) is 4.38. The molecule has 1 aliphatic rings. The Morgan fingerprint density at radius 1 is 1.62 bits per heavy atom. The van der Waals surface area contributed by atoms with Crippen LogP contribution in [0.3, 0.4) is 0 Å². The van der Waals surface area contributed by atoms with Gasteiger partial charge >= 0.3 is 0 Å². The Balaban J connectivity index is 2.49. The van der Waals surface area contributed by atoms with Gasteiger partial charge < -0.3 is 10.1 Å². The fraction of sp³-hybridized carbons (Fsp3) is 0.667. The first kappa shape index (κ1) is 9.89. The zero-order valence-corrected chi connectivity index (χ0v) is 7.58. The molecule has 0 radical (unpaired) electrons. The molecule has 0 saturated heterocycles. The first-order valence-corrected chi connectivity index (χ1v) is 4.38. The summed E-state index contributed by atoms with van der Waals surface area (Å²) in [5, 5.41) is 2.72. The lowest BCUT2D eigenvalue weighted by molar-refractivity contribution is -0.131. The molecule has 1 N–H and O–H groups in total. The molecule has 4 heteroatoms. The van der Waals surface area contributed by atoms with Crippen LogP contribution >= 0.6 is 0 Å². The quantitative estimate of drug-likeness (QED) is 0.486. The van der Waals surface area contributed by atoms with Crippen LogP contribution in [0, 0.1) is 5.92 Å². The molecule has 0 aromatic heterocycles. The number of Topliss-reactive ketones (excluding diaryl/α,β-unsaturated/α-hetero) is 1. The third kappa shape index (κ3) is 2.65. The van der Waals surface area contributed by atoms with Gasteiger partial charge in [0.1, 0.15) is 12.1 Å². The highest BCUT2D eigenvalue weighted by Gasteiger charge is 2.28. The van der Waals surface area contributed by atoms with Crippen molar-refractivity contribution in [2.45, 2.75) is 32.2 Å². The summed E-state index contributed by atoms with van der Waals surface area (Å²) in [4.78, 5) is 32.3. The Hall–Kier alpha value is -1.19. The Bertz CT molecular complexity index is 237. The normalized spacial score (nSPS) is 28.2. The van der Waals surface area contributed by atoms with Gasteiger partial charge in [-0.05, 0) is 12.8 Å². The lowest BCUT2D eigenvalue weighted by atomic mass is 9.85. The van der Waals surface area contributed by atoms with Crippen LogP contribution in [0.25, 0.3) is 0 Å². The maximum absolute atomic E-state index is 11.1. The van der Waals surface area contributed by atoms with Crippen molar-refractivity contribution in [3.05, 3.63) is 0 Å². The number of ketones is 1. The highest BCUT2D eigenvalue weighted by molar-refractivity contribution is 5.94. The predicted molar refractivity (Wildman–Crippen MR) is 46.0 cm³/mol. The molecule has 72 valence electrons. The van der Waals surface area contributed by atoms with E-state index in [1.54, 1.807) is 0 Å². The van der Waals surface area contributed by atoms with Gasteiger partial charge in [-0.3, -0.25) is 9.59 Å². The number of nitrogens with one attached hydrogen (secondary N) is 1. The van der Waals surface area contributed by atoms with Gasteiger partial charge in [-0.15, -0.1) is 0 Å². The monoisotopic (exact) mass is 183 g/mol. The summed E-state index contributed by atoms with van der Waals surface area (Å²) in [6, 6.07) is -0.00889. The third-order valence-corrected chi connectivity index (χ3v) is 2.26. The molecule has 0 unspecified atom stereocenters. The lowest BCUT2D eigenvalue weighted by Gasteiger charge is -2.25. The van der Waals surface area contributed by atoms with E-state index in [1.807, 2.05) is 0 Å². The van der Waals surface area contributed by atoms with Crippen LogP contribution in [-0.2, 0) is 14.4 Å². The van der Waals surface area contributed by atoms with E-state index in [9.17, 15) is 14.4 Å². The van der Waals surface area contributed by atoms with Gasteiger partial charge in [0, 0.05) is 19.4 Å². The van der Waals surface area contributed by atoms with Crippen molar-refractivity contribution in [3.63, 3.8) is 0 Å². The first-order chi connectivity index (χ1) is 6.13. The zero-order chi connectivity index (χ0) is 9.84. The number of carbonyl (C=O) groups is 3. The van der Waals surface area contributed by atoms with Crippen LogP contribution in [0.5, 0.6) is 0 Å². The SMILES string of the molecule is CC(=O)N[C@H]1CCC(=O)[C@H](C=O)C1. The minimum Gasteiger partial charge on any atom is -0.354 e. The summed E-state index contributed by atoms with van der Waals surface area (Å²) in [5.41, 5.74) is 0. The Morgan fingerprint density at radius 3 is 2.85 bits per heavy atom. The molecule has 1 aliphatic carbocycles. The molecular weight excluding hydrogens is 170 g/mol. The van der Waals surface area contributed by atoms with E-state index in [1.165, 1.54) is 6.92 Å². The number of carbonyl (C=O) groups excluding carboxylic acids is 3. The van der Waals surface area contributed by atoms with Gasteiger partial charge in [0.2, 0.25) is 5.91 Å². The average molecular weight is 183 g/mol. The van der Waals surface area contributed by atoms with Crippen LogP contribution in [0.15, 0.2) is 0 Å². The van der Waals surface area contributed by atoms with Gasteiger partial charge in [0.05, 0.1) is 5.92 Å². The van der Waals surface area contributed by atoms with Crippen LogP contribution in [0.1, 0.15) is 26.2 Å². The van der Waals surface area contributed by atoms with E-state index < -0.39 is 5.92 Å². The molecular formula is C9H13NO3. The largest absolute Gasteiger partial charge is 0.354 e. The second kappa shape index (κ2) is 4.16. The molecule has 0 aliphatic heterocycles. The highest BCUT2D eigenvalue weighted by Crippen LogP contribution is 2.19. The maximum atomic E-state index is 11.1. The lowest BCUT2D eigenvalue weighted by Crippen LogP contribution is -2.40. The number of rotatable bonds is 2. The molecule has 0 bridgehead atoms. The van der Waals surface area contributed by atoms with Gasteiger partial charge in [-0.1, -0.05) is 0 Å². The maximum Gasteiger partial charge on any atom is 0.217 e. The average Bonchev–Trinajstić information content (AvgIpc) is 2.07. The van der Waals surface area contributed by atoms with Crippen molar-refractivity contribution in [3.8, 4) is 0 Å². The van der Waals surface area contributed by atoms with Crippen LogP contribution in [-0.4, -0.2) is 24.0 Å². The predicted octanol–water partition coefficient (Wildman–Crippen LogP) is 0.0592. The van der Waals surface area contributed by atoms with E-state index in [2.05, 4.69) is 5.32 Å². The van der Waals surface area contributed by atoms with E-state index in [0.717, 1.165) is 0 Å². The highest BCUT2D eigenvalue weighted by atomic mass is 16.2. The van der Waals surface area contributed by atoms with Crippen LogP contribution < -0.4 is 5.32 Å². The second-order valence-electron chi connectivity index (χ2n) is 3.38. The minimum atomic E-state index is -0.509. The molecule has 13 heavy (non-hydrogen) atoms. The number of hydrogen-bond donors (Lipinski definition) is 1. The fourth-order valence-corrected chi connectivity index (χ4v) is 1.61. The van der Waals surface area contributed by atoms with E-state index in [-0.39, 0.29) is 17.7 Å². The zero-order valence-electron chi connectivity index (χ0n) is 7.58. The summed E-state index contributed by atoms with van der Waals surface area (Å²) in [7, 11) is 0. The Morgan fingerprint density at radius 2 is 2.31 bits per heavy atom. The summed E-state index contributed by atoms with van der Waals surface area (Å²) in [6.45, 7) is 1.44. The van der Waals surface area contributed by atoms with Gasteiger partial charge in [0.15, 0.2) is 0 Å². The molecule has 0 spiro atoms. The van der Waals surface area contributed by atoms with Crippen LogP contribution in [0.4, 0.5) is 0 Å². The smallest absolute Gasteiger partial charge is 0.217 e. The van der Waals surface area contributed by atoms with Crippen molar-refractivity contribution in [1.82, 2.24) is 5.32 Å².